The van der Waals surface area contributed by atoms with E-state index in [4.69, 9.17) is 13.9 Å². The molecule has 2 aromatic carbocycles. The molecular formula is C27H34FN5O7S. The molecule has 0 spiro atoms. The minimum Gasteiger partial charge on any atom is -0.422 e. The third kappa shape index (κ3) is 7.80. The summed E-state index contributed by atoms with van der Waals surface area (Å²) in [5.74, 6) is -0.600. The summed E-state index contributed by atoms with van der Waals surface area (Å²) in [6, 6.07) is 9.02. The van der Waals surface area contributed by atoms with Gasteiger partial charge >= 0.3 is 11.7 Å². The second kappa shape index (κ2) is 13.4. The Balaban J connectivity index is 1.67. The fraction of sp³-hybridized carbons (Fsp3) is 0.407. The van der Waals surface area contributed by atoms with E-state index in [1.54, 1.807) is 26.2 Å². The first-order valence-electron chi connectivity index (χ1n) is 13.0. The Morgan fingerprint density at radius 1 is 1.15 bits per heavy atom. The van der Waals surface area contributed by atoms with Crippen LogP contribution < -0.4 is 25.1 Å². The highest BCUT2D eigenvalue weighted by atomic mass is 32.2. The van der Waals surface area contributed by atoms with Crippen molar-refractivity contribution in [3.63, 3.8) is 0 Å². The quantitative estimate of drug-likeness (QED) is 0.225. The molecule has 14 heteroatoms. The minimum atomic E-state index is -3.95. The van der Waals surface area contributed by atoms with Crippen molar-refractivity contribution < 1.29 is 31.5 Å². The summed E-state index contributed by atoms with van der Waals surface area (Å²) in [4.78, 5) is 28.8. The van der Waals surface area contributed by atoms with E-state index in [2.05, 4.69) is 19.7 Å². The summed E-state index contributed by atoms with van der Waals surface area (Å²) in [6.07, 6.45) is -0.727. The van der Waals surface area contributed by atoms with Crippen molar-refractivity contribution in [2.75, 3.05) is 65.3 Å². The summed E-state index contributed by atoms with van der Waals surface area (Å²) in [5.41, 5.74) is 0.216. The van der Waals surface area contributed by atoms with Crippen LogP contribution in [0.3, 0.4) is 0 Å². The number of amides is 1. The molecule has 2 heterocycles. The van der Waals surface area contributed by atoms with Crippen molar-refractivity contribution in [3.05, 3.63) is 69.3 Å². The Morgan fingerprint density at radius 3 is 2.61 bits per heavy atom. The first-order chi connectivity index (χ1) is 19.6. The largest absolute Gasteiger partial charge is 0.422 e. The van der Waals surface area contributed by atoms with E-state index in [0.717, 1.165) is 19.6 Å². The van der Waals surface area contributed by atoms with Crippen molar-refractivity contribution in [1.82, 2.24) is 19.8 Å². The van der Waals surface area contributed by atoms with E-state index in [9.17, 15) is 18.0 Å². The highest BCUT2D eigenvalue weighted by molar-refractivity contribution is 7.90. The maximum atomic E-state index is 15.4. The van der Waals surface area contributed by atoms with E-state index in [1.807, 2.05) is 0 Å². The number of fused-ring (bicyclic) bond motifs is 1. The van der Waals surface area contributed by atoms with Gasteiger partial charge in [-0.3, -0.25) is 9.62 Å². The van der Waals surface area contributed by atoms with Crippen LogP contribution in [0.15, 0.2) is 45.6 Å². The molecule has 0 radical (unpaired) electrons. The lowest BCUT2D eigenvalue weighted by Crippen LogP contribution is -2.40. The Kier molecular flexibility index (Phi) is 9.94. The second-order valence-corrected chi connectivity index (χ2v) is 11.3. The Bertz CT molecular complexity index is 1560. The van der Waals surface area contributed by atoms with Crippen molar-refractivity contribution >= 4 is 33.0 Å². The highest BCUT2D eigenvalue weighted by Gasteiger charge is 2.20. The number of carbonyl (C=O) groups excluding carboxylic acids is 1. The topological polar surface area (TPSA) is 142 Å². The second-order valence-electron chi connectivity index (χ2n) is 9.66. The molecule has 3 N–H and O–H groups in total. The summed E-state index contributed by atoms with van der Waals surface area (Å²) in [5, 5.41) is 3.97. The number of hydrogen-bond donors (Lipinski definition) is 3. The number of halogens is 1. The van der Waals surface area contributed by atoms with Gasteiger partial charge in [-0.1, -0.05) is 12.1 Å². The molecule has 0 saturated carbocycles. The van der Waals surface area contributed by atoms with Crippen LogP contribution in [0.2, 0.25) is 0 Å². The molecule has 1 amide bonds. The van der Waals surface area contributed by atoms with Gasteiger partial charge in [0.1, 0.15) is 11.3 Å². The standard InChI is InChI=1S/C27H34FN5O7S/c1-29-41(36,37)31-23-6-4-5-18(25(23)28)15-21-22(17-30-9-10-33-11-13-38-14-12-33)20-8-7-19(39-27(35)32(2)3)16-24(20)40-26(21)34/h4-8,16,29-31H,9-15,17H2,1-3H3. The third-order valence-electron chi connectivity index (χ3n) is 6.63. The smallest absolute Gasteiger partial charge is 0.414 e. The van der Waals surface area contributed by atoms with Gasteiger partial charge in [-0.15, -0.1) is 0 Å². The minimum absolute atomic E-state index is 0.110. The first kappa shape index (κ1) is 30.4. The number of morpholine rings is 1. The number of ether oxygens (including phenoxy) is 2. The molecule has 0 unspecified atom stereocenters. The molecule has 1 aromatic heterocycles. The van der Waals surface area contributed by atoms with Crippen LogP contribution in [-0.4, -0.2) is 84.8 Å². The molecule has 222 valence electrons. The number of benzene rings is 2. The Labute approximate surface area is 237 Å². The van der Waals surface area contributed by atoms with Crippen LogP contribution in [0.25, 0.3) is 11.0 Å². The van der Waals surface area contributed by atoms with Gasteiger partial charge in [0.15, 0.2) is 5.82 Å². The van der Waals surface area contributed by atoms with Crippen LogP contribution in [0.4, 0.5) is 14.9 Å². The number of anilines is 1. The fourth-order valence-corrected chi connectivity index (χ4v) is 4.93. The number of rotatable bonds is 11. The molecule has 1 aliphatic heterocycles. The third-order valence-corrected chi connectivity index (χ3v) is 7.66. The van der Waals surface area contributed by atoms with Crippen LogP contribution in [0, 0.1) is 5.82 Å². The molecule has 3 aromatic rings. The van der Waals surface area contributed by atoms with E-state index in [0.29, 0.717) is 30.7 Å². The molecule has 12 nitrogen and oxygen atoms in total. The van der Waals surface area contributed by atoms with Crippen LogP contribution in [-0.2, 0) is 27.9 Å². The predicted octanol–water partition coefficient (Wildman–Crippen LogP) is 1.88. The Hall–Kier alpha value is -3.56. The number of carbonyl (C=O) groups is 1. The van der Waals surface area contributed by atoms with Crippen molar-refractivity contribution in [2.45, 2.75) is 13.0 Å². The first-order valence-corrected chi connectivity index (χ1v) is 14.5. The normalized spacial score (nSPS) is 14.2. The van der Waals surface area contributed by atoms with E-state index < -0.39 is 27.7 Å². The van der Waals surface area contributed by atoms with Gasteiger partial charge in [0, 0.05) is 77.3 Å². The van der Waals surface area contributed by atoms with E-state index in [-0.39, 0.29) is 41.1 Å². The molecule has 1 fully saturated rings. The maximum absolute atomic E-state index is 15.4. The van der Waals surface area contributed by atoms with Gasteiger partial charge in [-0.2, -0.15) is 8.42 Å². The number of hydrogen-bond acceptors (Lipinski definition) is 9. The average Bonchev–Trinajstić information content (AvgIpc) is 2.94. The van der Waals surface area contributed by atoms with Crippen molar-refractivity contribution in [3.8, 4) is 5.75 Å². The Morgan fingerprint density at radius 2 is 1.90 bits per heavy atom. The lowest BCUT2D eigenvalue weighted by atomic mass is 9.97. The molecular weight excluding hydrogens is 557 g/mol. The lowest BCUT2D eigenvalue weighted by molar-refractivity contribution is 0.0384. The zero-order valence-electron chi connectivity index (χ0n) is 23.2. The van der Waals surface area contributed by atoms with Gasteiger partial charge in [-0.05, 0) is 29.3 Å². The average molecular weight is 592 g/mol. The van der Waals surface area contributed by atoms with Gasteiger partial charge < -0.3 is 24.1 Å². The molecule has 0 atom stereocenters. The van der Waals surface area contributed by atoms with Crippen molar-refractivity contribution in [2.24, 2.45) is 0 Å². The monoisotopic (exact) mass is 591 g/mol. The number of nitrogens with one attached hydrogen (secondary N) is 3. The van der Waals surface area contributed by atoms with Crippen LogP contribution in [0.5, 0.6) is 5.75 Å². The molecule has 4 rings (SSSR count). The zero-order chi connectivity index (χ0) is 29.6. The maximum Gasteiger partial charge on any atom is 0.414 e. The van der Waals surface area contributed by atoms with Gasteiger partial charge in [0.05, 0.1) is 18.9 Å². The lowest BCUT2D eigenvalue weighted by Gasteiger charge is -2.26. The van der Waals surface area contributed by atoms with Crippen molar-refractivity contribution in [1.29, 1.82) is 0 Å². The van der Waals surface area contributed by atoms with Gasteiger partial charge in [-0.25, -0.2) is 18.7 Å². The predicted molar refractivity (Wildman–Crippen MR) is 152 cm³/mol. The SMILES string of the molecule is CNS(=O)(=O)Nc1cccc(Cc2c(CNCCN3CCOCC3)c3ccc(OC(=O)N(C)C)cc3oc2=O)c1F. The summed E-state index contributed by atoms with van der Waals surface area (Å²) in [7, 11) is 0.350. The summed E-state index contributed by atoms with van der Waals surface area (Å²) in [6.45, 7) is 4.75. The summed E-state index contributed by atoms with van der Waals surface area (Å²) >= 11 is 0. The molecule has 0 aliphatic carbocycles. The van der Waals surface area contributed by atoms with Crippen LogP contribution >= 0.6 is 0 Å². The van der Waals surface area contributed by atoms with Gasteiger partial charge in [0.25, 0.3) is 10.2 Å². The van der Waals surface area contributed by atoms with Crippen LogP contribution in [0.1, 0.15) is 16.7 Å². The van der Waals surface area contributed by atoms with E-state index >= 15 is 4.39 Å². The number of nitrogens with zero attached hydrogens (tertiary/aromatic N) is 2. The fourth-order valence-electron chi connectivity index (χ4n) is 4.38. The highest BCUT2D eigenvalue weighted by Crippen LogP contribution is 2.28. The molecule has 0 bridgehead atoms. The summed E-state index contributed by atoms with van der Waals surface area (Å²) < 4.78 is 59.8. The zero-order valence-corrected chi connectivity index (χ0v) is 24.0. The molecule has 1 aliphatic rings. The van der Waals surface area contributed by atoms with E-state index in [1.165, 1.54) is 36.2 Å². The molecule has 1 saturated heterocycles. The van der Waals surface area contributed by atoms with Gasteiger partial charge in [0.2, 0.25) is 0 Å². The molecule has 41 heavy (non-hydrogen) atoms.